The van der Waals surface area contributed by atoms with Gasteiger partial charge >= 0.3 is 21.2 Å². The third-order valence-electron chi connectivity index (χ3n) is 2.90. The average molecular weight is 416 g/mol. The van der Waals surface area contributed by atoms with Gasteiger partial charge in [-0.3, -0.25) is 10.1 Å². The van der Waals surface area contributed by atoms with Gasteiger partial charge in [-0.1, -0.05) is 0 Å². The molecular weight excluding hydrogens is 401 g/mol. The Morgan fingerprint density at radius 3 is 1.91 bits per heavy atom. The van der Waals surface area contributed by atoms with Crippen LogP contribution in [0.4, 0.5) is 5.69 Å². The topological polar surface area (TPSA) is 70.8 Å². The first kappa shape index (κ1) is 16.3. The van der Waals surface area contributed by atoms with E-state index in [4.69, 9.17) is 14.2 Å². The van der Waals surface area contributed by atoms with Crippen LogP contribution in [0, 0.1) is 17.3 Å². The maximum atomic E-state index is 10.7. The van der Waals surface area contributed by atoms with Crippen molar-refractivity contribution in [2.24, 2.45) is 0 Å². The molecule has 22 heavy (non-hydrogen) atoms. The number of ether oxygens (including phenoxy) is 3. The molecule has 0 N–H and O–H groups in total. The summed E-state index contributed by atoms with van der Waals surface area (Å²) in [5, 5.41) is 10.7. The van der Waals surface area contributed by atoms with Crippen molar-refractivity contribution >= 4 is 5.69 Å². The third kappa shape index (κ3) is 3.59. The Balaban J connectivity index is 2.37. The predicted octanol–water partition coefficient (Wildman–Crippen LogP) is -0.251. The lowest BCUT2D eigenvalue weighted by Crippen LogP contribution is -3.61. The molecule has 0 bridgehead atoms. The SMILES string of the molecule is COc1cc(OC)c([I+]c2ccc([N+](=O)[O-])cc2)c(OC)c1. The summed E-state index contributed by atoms with van der Waals surface area (Å²) in [5.74, 6) is 2.05. The van der Waals surface area contributed by atoms with Gasteiger partial charge in [-0.05, 0) is 12.1 Å². The molecule has 116 valence electrons. The number of nitrogens with zero attached hydrogens (tertiary/aromatic N) is 1. The number of halogens is 1. The zero-order valence-electron chi connectivity index (χ0n) is 12.3. The lowest BCUT2D eigenvalue weighted by atomic mass is 10.3. The van der Waals surface area contributed by atoms with Gasteiger partial charge in [0.25, 0.3) is 9.26 Å². The molecule has 0 saturated carbocycles. The third-order valence-corrected chi connectivity index (χ3v) is 5.84. The zero-order chi connectivity index (χ0) is 16.1. The van der Waals surface area contributed by atoms with E-state index < -0.39 is 26.1 Å². The lowest BCUT2D eigenvalue weighted by molar-refractivity contribution is -0.598. The fourth-order valence-corrected chi connectivity index (χ4v) is 4.42. The number of hydrogen-bond donors (Lipinski definition) is 0. The van der Waals surface area contributed by atoms with Gasteiger partial charge in [0, 0.05) is 24.3 Å². The molecule has 0 atom stereocenters. The fraction of sp³-hybridized carbons (Fsp3) is 0.200. The molecule has 7 heteroatoms. The minimum atomic E-state index is -0.606. The van der Waals surface area contributed by atoms with E-state index in [2.05, 4.69) is 0 Å². The predicted molar refractivity (Wildman–Crippen MR) is 76.6 cm³/mol. The monoisotopic (exact) mass is 416 g/mol. The van der Waals surface area contributed by atoms with Crippen LogP contribution in [0.1, 0.15) is 0 Å². The number of hydrogen-bond acceptors (Lipinski definition) is 5. The van der Waals surface area contributed by atoms with Gasteiger partial charge in [-0.25, -0.2) is 0 Å². The Morgan fingerprint density at radius 2 is 1.50 bits per heavy atom. The summed E-state index contributed by atoms with van der Waals surface area (Å²) < 4.78 is 18.1. The van der Waals surface area contributed by atoms with Crippen LogP contribution in [0.25, 0.3) is 0 Å². The van der Waals surface area contributed by atoms with Gasteiger partial charge in [0.05, 0.1) is 26.3 Å². The Labute approximate surface area is 138 Å². The molecule has 0 spiro atoms. The molecule has 0 heterocycles. The summed E-state index contributed by atoms with van der Waals surface area (Å²) in [5.41, 5.74) is 0.0846. The van der Waals surface area contributed by atoms with E-state index in [-0.39, 0.29) is 5.69 Å². The smallest absolute Gasteiger partial charge is 0.366 e. The Morgan fingerprint density at radius 1 is 0.955 bits per heavy atom. The normalized spacial score (nSPS) is 10.1. The van der Waals surface area contributed by atoms with Crippen molar-refractivity contribution in [1.29, 1.82) is 0 Å². The molecule has 0 aliphatic heterocycles. The van der Waals surface area contributed by atoms with Gasteiger partial charge < -0.3 is 14.2 Å². The van der Waals surface area contributed by atoms with Crippen LogP contribution in [0.15, 0.2) is 36.4 Å². The maximum absolute atomic E-state index is 10.7. The number of non-ortho nitro benzene ring substituents is 1. The van der Waals surface area contributed by atoms with Crippen molar-refractivity contribution in [1.82, 2.24) is 0 Å². The summed E-state index contributed by atoms with van der Waals surface area (Å²) in [6, 6.07) is 10.2. The van der Waals surface area contributed by atoms with E-state index in [0.29, 0.717) is 17.2 Å². The summed E-state index contributed by atoms with van der Waals surface area (Å²) in [7, 11) is 4.77. The number of benzene rings is 2. The summed E-state index contributed by atoms with van der Waals surface area (Å²) in [6.07, 6.45) is 0. The fourth-order valence-electron chi connectivity index (χ4n) is 1.79. The highest BCUT2D eigenvalue weighted by atomic mass is 127. The molecule has 2 aromatic rings. The zero-order valence-corrected chi connectivity index (χ0v) is 14.5. The van der Waals surface area contributed by atoms with Crippen molar-refractivity contribution in [3.05, 3.63) is 53.7 Å². The van der Waals surface area contributed by atoms with E-state index in [9.17, 15) is 10.1 Å². The lowest BCUT2D eigenvalue weighted by Gasteiger charge is -2.08. The first-order valence-electron chi connectivity index (χ1n) is 6.28. The van der Waals surface area contributed by atoms with Gasteiger partial charge in [-0.15, -0.1) is 0 Å². The highest BCUT2D eigenvalue weighted by Crippen LogP contribution is 2.27. The van der Waals surface area contributed by atoms with Crippen LogP contribution < -0.4 is 35.4 Å². The second kappa shape index (κ2) is 7.30. The Hall–Kier alpha value is -2.03. The van der Waals surface area contributed by atoms with Crippen LogP contribution in [0.3, 0.4) is 0 Å². The van der Waals surface area contributed by atoms with Crippen molar-refractivity contribution in [2.45, 2.75) is 0 Å². The minimum Gasteiger partial charge on any atom is -0.496 e. The van der Waals surface area contributed by atoms with Crippen molar-refractivity contribution in [3.63, 3.8) is 0 Å². The van der Waals surface area contributed by atoms with Crippen molar-refractivity contribution < 1.29 is 40.3 Å². The van der Waals surface area contributed by atoms with Crippen LogP contribution >= 0.6 is 0 Å². The highest BCUT2D eigenvalue weighted by molar-refractivity contribution is 5.41. The van der Waals surface area contributed by atoms with Crippen molar-refractivity contribution in [2.75, 3.05) is 21.3 Å². The average Bonchev–Trinajstić information content (AvgIpc) is 2.55. The molecule has 6 nitrogen and oxygen atoms in total. The molecular formula is C15H15INO5+. The van der Waals surface area contributed by atoms with Crippen LogP contribution in [-0.4, -0.2) is 26.3 Å². The van der Waals surface area contributed by atoms with E-state index in [1.54, 1.807) is 33.5 Å². The van der Waals surface area contributed by atoms with Crippen LogP contribution in [0.2, 0.25) is 0 Å². The summed E-state index contributed by atoms with van der Waals surface area (Å²) >= 11 is -0.606. The second-order valence-electron chi connectivity index (χ2n) is 4.17. The van der Waals surface area contributed by atoms with E-state index in [0.717, 1.165) is 7.14 Å². The number of nitro benzene ring substituents is 1. The van der Waals surface area contributed by atoms with Gasteiger partial charge in [0.1, 0.15) is 5.75 Å². The maximum Gasteiger partial charge on any atom is 0.366 e. The quantitative estimate of drug-likeness (QED) is 0.369. The van der Waals surface area contributed by atoms with E-state index >= 15 is 0 Å². The van der Waals surface area contributed by atoms with E-state index in [1.807, 2.05) is 12.1 Å². The van der Waals surface area contributed by atoms with Crippen LogP contribution in [-0.2, 0) is 0 Å². The molecule has 0 aromatic heterocycles. The molecule has 2 aromatic carbocycles. The molecule has 0 fully saturated rings. The molecule has 0 aliphatic carbocycles. The number of methoxy groups -OCH3 is 3. The second-order valence-corrected chi connectivity index (χ2v) is 7.04. The van der Waals surface area contributed by atoms with Crippen molar-refractivity contribution in [3.8, 4) is 17.2 Å². The summed E-state index contributed by atoms with van der Waals surface area (Å²) in [4.78, 5) is 10.3. The summed E-state index contributed by atoms with van der Waals surface area (Å²) in [6.45, 7) is 0. The Bertz CT molecular complexity index is 647. The molecule has 0 saturated heterocycles. The van der Waals surface area contributed by atoms with Gasteiger partial charge in [0.15, 0.2) is 15.1 Å². The van der Waals surface area contributed by atoms with E-state index in [1.165, 1.54) is 12.1 Å². The largest absolute Gasteiger partial charge is 0.496 e. The molecule has 2 rings (SSSR count). The standard InChI is InChI=1S/C15H15INO5/c1-20-12-8-13(21-2)15(14(9-12)22-3)16-10-4-6-11(7-5-10)17(18)19/h4-9H,1-3H3/q+1. The van der Waals surface area contributed by atoms with Gasteiger partial charge in [-0.2, -0.15) is 0 Å². The number of rotatable bonds is 6. The first-order valence-corrected chi connectivity index (χ1v) is 8.44. The highest BCUT2D eigenvalue weighted by Gasteiger charge is 2.28. The Kier molecular flexibility index (Phi) is 5.42. The first-order chi connectivity index (χ1) is 10.6. The molecule has 0 unspecified atom stereocenters. The van der Waals surface area contributed by atoms with Crippen LogP contribution in [0.5, 0.6) is 17.2 Å². The minimum absolute atomic E-state index is 0.0846. The molecule has 0 amide bonds. The molecule has 0 aliphatic rings. The van der Waals surface area contributed by atoms with Gasteiger partial charge in [0.2, 0.25) is 0 Å². The number of nitro groups is 1. The molecule has 0 radical (unpaired) electrons.